The van der Waals surface area contributed by atoms with Gasteiger partial charge in [-0.05, 0) is 53.1 Å². The smallest absolute Gasteiger partial charge is 0.132 e. The average molecular weight is 520 g/mol. The lowest BCUT2D eigenvalue weighted by Gasteiger charge is -2.11. The van der Waals surface area contributed by atoms with Crippen LogP contribution in [0.3, 0.4) is 0 Å². The van der Waals surface area contributed by atoms with Gasteiger partial charge in [0, 0.05) is 0 Å². The molecule has 5 nitrogen and oxygen atoms in total. The number of aliphatic hydroxyl groups excluding tert-OH is 1. The molecule has 0 saturated carbocycles. The molecule has 0 amide bonds. The molecule has 0 heterocycles. The summed E-state index contributed by atoms with van der Waals surface area (Å²) in [6.07, 6.45) is 10.6. The first-order valence-electron chi connectivity index (χ1n) is 11.0. The number of hydrogen-bond acceptors (Lipinski definition) is 5. The van der Waals surface area contributed by atoms with E-state index in [0.717, 1.165) is 15.7 Å². The second kappa shape index (κ2) is 19.5. The van der Waals surface area contributed by atoms with E-state index in [1.807, 2.05) is 0 Å². The summed E-state index contributed by atoms with van der Waals surface area (Å²) in [5.41, 5.74) is 1.40. The summed E-state index contributed by atoms with van der Waals surface area (Å²) in [6.45, 7) is 5.83. The Morgan fingerprint density at radius 2 is 1.34 bits per heavy atom. The van der Waals surface area contributed by atoms with Gasteiger partial charge in [-0.15, -0.1) is 0 Å². The van der Waals surface area contributed by atoms with Crippen LogP contribution in [0, 0.1) is 3.57 Å². The summed E-state index contributed by atoms with van der Waals surface area (Å²) >= 11 is 2.35. The SMILES string of the molecule is CCCCCCCCCc1ccc(OCCOCCOCCOCCO)c([125I])c1. The van der Waals surface area contributed by atoms with Crippen LogP contribution < -0.4 is 4.74 Å². The highest BCUT2D eigenvalue weighted by molar-refractivity contribution is 14.1. The molecular formula is C23H39IO5. The van der Waals surface area contributed by atoms with Crippen LogP contribution in [-0.2, 0) is 20.6 Å². The van der Waals surface area contributed by atoms with E-state index in [1.165, 1.54) is 50.5 Å². The van der Waals surface area contributed by atoms with Crippen molar-refractivity contribution in [3.05, 3.63) is 27.3 Å². The Balaban J connectivity index is 2.03. The van der Waals surface area contributed by atoms with Crippen molar-refractivity contribution < 1.29 is 24.1 Å². The zero-order chi connectivity index (χ0) is 21.0. The lowest BCUT2D eigenvalue weighted by molar-refractivity contribution is 0.00357. The maximum Gasteiger partial charge on any atom is 0.132 e. The number of aryl methyl sites for hydroxylation is 1. The second-order valence-corrected chi connectivity index (χ2v) is 8.21. The van der Waals surface area contributed by atoms with Gasteiger partial charge in [-0.2, -0.15) is 0 Å². The molecule has 0 aromatic heterocycles. The van der Waals surface area contributed by atoms with Crippen LogP contribution in [0.25, 0.3) is 0 Å². The van der Waals surface area contributed by atoms with Crippen LogP contribution >= 0.6 is 22.6 Å². The Labute approximate surface area is 190 Å². The molecule has 0 spiro atoms. The van der Waals surface area contributed by atoms with Gasteiger partial charge in [0.2, 0.25) is 0 Å². The fourth-order valence-electron chi connectivity index (χ4n) is 2.92. The first kappa shape index (κ1) is 26.6. The minimum absolute atomic E-state index is 0.0456. The second-order valence-electron chi connectivity index (χ2n) is 7.05. The summed E-state index contributed by atoms with van der Waals surface area (Å²) in [6, 6.07) is 6.50. The summed E-state index contributed by atoms with van der Waals surface area (Å²) in [7, 11) is 0. The van der Waals surface area contributed by atoms with Crippen molar-refractivity contribution in [1.82, 2.24) is 0 Å². The van der Waals surface area contributed by atoms with Gasteiger partial charge in [0.05, 0.1) is 49.8 Å². The number of ether oxygens (including phenoxy) is 4. The molecule has 6 heteroatoms. The number of benzene rings is 1. The van der Waals surface area contributed by atoms with E-state index in [2.05, 4.69) is 47.7 Å². The quantitative estimate of drug-likeness (QED) is 0.194. The molecule has 168 valence electrons. The van der Waals surface area contributed by atoms with Crippen molar-refractivity contribution >= 4 is 22.6 Å². The normalized spacial score (nSPS) is 11.1. The minimum Gasteiger partial charge on any atom is -0.490 e. The van der Waals surface area contributed by atoms with Gasteiger partial charge in [-0.3, -0.25) is 0 Å². The van der Waals surface area contributed by atoms with Crippen molar-refractivity contribution in [2.24, 2.45) is 0 Å². The largest absolute Gasteiger partial charge is 0.490 e. The van der Waals surface area contributed by atoms with Crippen molar-refractivity contribution in [2.75, 3.05) is 52.9 Å². The Hall–Kier alpha value is -0.410. The molecule has 0 fully saturated rings. The summed E-state index contributed by atoms with van der Waals surface area (Å²) < 4.78 is 23.0. The molecule has 29 heavy (non-hydrogen) atoms. The van der Waals surface area contributed by atoms with Gasteiger partial charge in [-0.1, -0.05) is 51.5 Å². The third-order valence-electron chi connectivity index (χ3n) is 4.53. The van der Waals surface area contributed by atoms with E-state index in [-0.39, 0.29) is 6.61 Å². The van der Waals surface area contributed by atoms with Crippen LogP contribution in [0.2, 0.25) is 0 Å². The van der Waals surface area contributed by atoms with E-state index in [4.69, 9.17) is 24.1 Å². The Morgan fingerprint density at radius 3 is 1.97 bits per heavy atom. The van der Waals surface area contributed by atoms with Gasteiger partial charge >= 0.3 is 0 Å². The maximum atomic E-state index is 8.58. The van der Waals surface area contributed by atoms with Gasteiger partial charge in [0.1, 0.15) is 12.4 Å². The van der Waals surface area contributed by atoms with E-state index in [9.17, 15) is 0 Å². The third-order valence-corrected chi connectivity index (χ3v) is 5.37. The number of rotatable bonds is 20. The topological polar surface area (TPSA) is 57.2 Å². The zero-order valence-corrected chi connectivity index (χ0v) is 20.2. The molecule has 0 unspecified atom stereocenters. The number of aliphatic hydroxyl groups is 1. The lowest BCUT2D eigenvalue weighted by atomic mass is 10.0. The summed E-state index contributed by atoms with van der Waals surface area (Å²) in [5, 5.41) is 8.58. The first-order chi connectivity index (χ1) is 14.3. The zero-order valence-electron chi connectivity index (χ0n) is 18.0. The average Bonchev–Trinajstić information content (AvgIpc) is 2.72. The fraction of sp³-hybridized carbons (Fsp3) is 0.739. The minimum atomic E-state index is 0.0456. The van der Waals surface area contributed by atoms with E-state index in [1.54, 1.807) is 0 Å². The van der Waals surface area contributed by atoms with Crippen molar-refractivity contribution in [3.63, 3.8) is 0 Å². The maximum absolute atomic E-state index is 8.58. The van der Waals surface area contributed by atoms with Gasteiger partial charge in [0.25, 0.3) is 0 Å². The van der Waals surface area contributed by atoms with Gasteiger partial charge < -0.3 is 24.1 Å². The van der Waals surface area contributed by atoms with Crippen molar-refractivity contribution in [2.45, 2.75) is 58.3 Å². The van der Waals surface area contributed by atoms with Crippen LogP contribution in [0.15, 0.2) is 18.2 Å². The van der Waals surface area contributed by atoms with E-state index < -0.39 is 0 Å². The molecule has 1 aromatic carbocycles. The molecule has 0 atom stereocenters. The van der Waals surface area contributed by atoms with Crippen LogP contribution in [0.5, 0.6) is 5.75 Å². The van der Waals surface area contributed by atoms with Gasteiger partial charge in [-0.25, -0.2) is 0 Å². The van der Waals surface area contributed by atoms with Crippen LogP contribution in [0.4, 0.5) is 0 Å². The Kier molecular flexibility index (Phi) is 17.9. The number of unbranched alkanes of at least 4 members (excludes halogenated alkanes) is 6. The molecule has 1 aromatic rings. The third kappa shape index (κ3) is 15.1. The molecular weight excluding hydrogens is 481 g/mol. The van der Waals surface area contributed by atoms with Crippen LogP contribution in [0.1, 0.15) is 57.4 Å². The summed E-state index contributed by atoms with van der Waals surface area (Å²) in [4.78, 5) is 0. The highest BCUT2D eigenvalue weighted by Crippen LogP contribution is 2.23. The molecule has 0 aliphatic rings. The molecule has 0 radical (unpaired) electrons. The molecule has 1 rings (SSSR count). The van der Waals surface area contributed by atoms with Crippen LogP contribution in [-0.4, -0.2) is 58.0 Å². The summed E-state index contributed by atoms with van der Waals surface area (Å²) in [5.74, 6) is 0.926. The number of hydrogen-bond donors (Lipinski definition) is 1. The highest BCUT2D eigenvalue weighted by atomic mass is 125. The van der Waals surface area contributed by atoms with Gasteiger partial charge in [0.15, 0.2) is 0 Å². The fourth-order valence-corrected chi connectivity index (χ4v) is 3.66. The van der Waals surface area contributed by atoms with Crippen molar-refractivity contribution in [1.29, 1.82) is 0 Å². The van der Waals surface area contributed by atoms with E-state index in [0.29, 0.717) is 46.2 Å². The predicted octanol–water partition coefficient (Wildman–Crippen LogP) is 5.01. The van der Waals surface area contributed by atoms with Crippen molar-refractivity contribution in [3.8, 4) is 5.75 Å². The van der Waals surface area contributed by atoms with E-state index >= 15 is 0 Å². The monoisotopic (exact) mass is 520 g/mol. The first-order valence-corrected chi connectivity index (χ1v) is 12.1. The Morgan fingerprint density at radius 1 is 0.759 bits per heavy atom. The lowest BCUT2D eigenvalue weighted by Crippen LogP contribution is -2.13. The highest BCUT2D eigenvalue weighted by Gasteiger charge is 2.03. The Bertz CT molecular complexity index is 498. The predicted molar refractivity (Wildman–Crippen MR) is 126 cm³/mol. The molecule has 0 aliphatic heterocycles. The molecule has 1 N–H and O–H groups in total. The molecule has 0 aliphatic carbocycles. The number of halogens is 1. The molecule has 0 saturated heterocycles. The molecule has 0 bridgehead atoms. The standard InChI is InChI=1S/C23H39IO5/c1-2-3-4-5-6-7-8-9-21-10-11-23(22(24)20-21)29-19-18-28-17-16-27-15-14-26-13-12-25/h10-11,20,25H,2-9,12-19H2,1H3/i24-2.